The number of nitriles is 1. The first-order chi connectivity index (χ1) is 13.5. The lowest BCUT2D eigenvalue weighted by molar-refractivity contribution is -0.131. The van der Waals surface area contributed by atoms with Crippen LogP contribution in [0.25, 0.3) is 0 Å². The van der Waals surface area contributed by atoms with Crippen LogP contribution in [0.1, 0.15) is 11.1 Å². The SMILES string of the molecule is N#Cc1ccccc1S(=O)(=O)NCC(=O)N1CCN(Cc2ccccc2)CC1. The van der Waals surface area contributed by atoms with E-state index in [0.29, 0.717) is 13.1 Å². The van der Waals surface area contributed by atoms with Gasteiger partial charge in [0.15, 0.2) is 0 Å². The van der Waals surface area contributed by atoms with Crippen LogP contribution < -0.4 is 4.72 Å². The van der Waals surface area contributed by atoms with Crippen LogP contribution in [0.4, 0.5) is 0 Å². The molecule has 1 amide bonds. The van der Waals surface area contributed by atoms with Crippen molar-refractivity contribution in [1.82, 2.24) is 14.5 Å². The molecule has 146 valence electrons. The number of amides is 1. The van der Waals surface area contributed by atoms with Crippen molar-refractivity contribution < 1.29 is 13.2 Å². The number of benzene rings is 2. The number of hydrogen-bond donors (Lipinski definition) is 1. The van der Waals surface area contributed by atoms with Crippen molar-refractivity contribution in [1.29, 1.82) is 5.26 Å². The number of sulfonamides is 1. The number of hydrogen-bond acceptors (Lipinski definition) is 5. The lowest BCUT2D eigenvalue weighted by atomic mass is 10.2. The van der Waals surface area contributed by atoms with E-state index in [-0.39, 0.29) is 22.9 Å². The summed E-state index contributed by atoms with van der Waals surface area (Å²) in [6.45, 7) is 3.11. The molecule has 0 aliphatic carbocycles. The highest BCUT2D eigenvalue weighted by Gasteiger charge is 2.24. The van der Waals surface area contributed by atoms with Gasteiger partial charge in [0.05, 0.1) is 17.0 Å². The van der Waals surface area contributed by atoms with Gasteiger partial charge in [-0.3, -0.25) is 9.69 Å². The molecule has 1 heterocycles. The maximum absolute atomic E-state index is 12.4. The molecule has 1 saturated heterocycles. The molecule has 7 nitrogen and oxygen atoms in total. The number of nitrogens with zero attached hydrogens (tertiary/aromatic N) is 3. The lowest BCUT2D eigenvalue weighted by Gasteiger charge is -2.34. The Labute approximate surface area is 165 Å². The van der Waals surface area contributed by atoms with Crippen molar-refractivity contribution in [3.63, 3.8) is 0 Å². The summed E-state index contributed by atoms with van der Waals surface area (Å²) < 4.78 is 27.1. The summed E-state index contributed by atoms with van der Waals surface area (Å²) in [6.07, 6.45) is 0. The molecule has 0 atom stereocenters. The van der Waals surface area contributed by atoms with Crippen LogP contribution in [-0.2, 0) is 21.4 Å². The Hall–Kier alpha value is -2.73. The maximum atomic E-state index is 12.4. The predicted molar refractivity (Wildman–Crippen MR) is 105 cm³/mol. The highest BCUT2D eigenvalue weighted by atomic mass is 32.2. The van der Waals surface area contributed by atoms with Crippen molar-refractivity contribution in [3.05, 3.63) is 65.7 Å². The minimum atomic E-state index is -3.92. The van der Waals surface area contributed by atoms with E-state index in [1.807, 2.05) is 24.3 Å². The van der Waals surface area contributed by atoms with Crippen molar-refractivity contribution >= 4 is 15.9 Å². The Morgan fingerprint density at radius 1 is 1.00 bits per heavy atom. The van der Waals surface area contributed by atoms with Crippen LogP contribution in [0.2, 0.25) is 0 Å². The summed E-state index contributed by atoms with van der Waals surface area (Å²) in [6, 6.07) is 17.9. The lowest BCUT2D eigenvalue weighted by Crippen LogP contribution is -2.50. The molecule has 1 aliphatic heterocycles. The highest BCUT2D eigenvalue weighted by molar-refractivity contribution is 7.89. The molecule has 0 spiro atoms. The van der Waals surface area contributed by atoms with Gasteiger partial charge in [0.1, 0.15) is 6.07 Å². The Balaban J connectivity index is 1.51. The summed E-state index contributed by atoms with van der Waals surface area (Å²) in [7, 11) is -3.92. The van der Waals surface area contributed by atoms with Gasteiger partial charge in [-0.25, -0.2) is 13.1 Å². The Kier molecular flexibility index (Phi) is 6.41. The zero-order valence-corrected chi connectivity index (χ0v) is 16.2. The van der Waals surface area contributed by atoms with Gasteiger partial charge < -0.3 is 4.90 Å². The Morgan fingerprint density at radius 2 is 1.64 bits per heavy atom. The quantitative estimate of drug-likeness (QED) is 0.789. The summed E-state index contributed by atoms with van der Waals surface area (Å²) in [5.74, 6) is -0.266. The van der Waals surface area contributed by atoms with Crippen molar-refractivity contribution in [3.8, 4) is 6.07 Å². The van der Waals surface area contributed by atoms with Gasteiger partial charge in [0.25, 0.3) is 0 Å². The van der Waals surface area contributed by atoms with Gasteiger partial charge in [-0.15, -0.1) is 0 Å². The second-order valence-corrected chi connectivity index (χ2v) is 8.31. The number of rotatable bonds is 6. The largest absolute Gasteiger partial charge is 0.339 e. The first-order valence-corrected chi connectivity index (χ1v) is 10.5. The molecule has 0 unspecified atom stereocenters. The third kappa shape index (κ3) is 4.95. The molecular formula is C20H22N4O3S. The van der Waals surface area contributed by atoms with Gasteiger partial charge in [-0.2, -0.15) is 5.26 Å². The van der Waals surface area contributed by atoms with E-state index < -0.39 is 10.0 Å². The Morgan fingerprint density at radius 3 is 2.32 bits per heavy atom. The van der Waals surface area contributed by atoms with E-state index in [2.05, 4.69) is 21.8 Å². The molecule has 0 bridgehead atoms. The number of carbonyl (C=O) groups excluding carboxylic acids is 1. The molecule has 0 radical (unpaired) electrons. The normalized spacial score (nSPS) is 15.2. The second-order valence-electron chi connectivity index (χ2n) is 6.58. The van der Waals surface area contributed by atoms with Gasteiger partial charge >= 0.3 is 0 Å². The smallest absolute Gasteiger partial charge is 0.242 e. The summed E-state index contributed by atoms with van der Waals surface area (Å²) in [5.41, 5.74) is 1.28. The minimum Gasteiger partial charge on any atom is -0.339 e. The van der Waals surface area contributed by atoms with Crippen LogP contribution in [0.15, 0.2) is 59.5 Å². The monoisotopic (exact) mass is 398 g/mol. The molecular weight excluding hydrogens is 376 g/mol. The molecule has 0 saturated carbocycles. The highest BCUT2D eigenvalue weighted by Crippen LogP contribution is 2.14. The molecule has 1 aliphatic rings. The molecule has 2 aromatic rings. The van der Waals surface area contributed by atoms with Crippen molar-refractivity contribution in [2.45, 2.75) is 11.4 Å². The van der Waals surface area contributed by atoms with Gasteiger partial charge in [0, 0.05) is 32.7 Å². The third-order valence-corrected chi connectivity index (χ3v) is 6.14. The predicted octanol–water partition coefficient (Wildman–Crippen LogP) is 1.18. The third-order valence-electron chi connectivity index (χ3n) is 4.68. The second kappa shape index (κ2) is 8.97. The van der Waals surface area contributed by atoms with Crippen LogP contribution in [0.5, 0.6) is 0 Å². The van der Waals surface area contributed by atoms with Crippen LogP contribution in [0, 0.1) is 11.3 Å². The van der Waals surface area contributed by atoms with Crippen molar-refractivity contribution in [2.75, 3.05) is 32.7 Å². The van der Waals surface area contributed by atoms with E-state index in [9.17, 15) is 13.2 Å². The summed E-state index contributed by atoms with van der Waals surface area (Å²) in [4.78, 5) is 16.2. The average Bonchev–Trinajstić information content (AvgIpc) is 2.73. The molecule has 28 heavy (non-hydrogen) atoms. The summed E-state index contributed by atoms with van der Waals surface area (Å²) in [5, 5.41) is 9.07. The van der Waals surface area contributed by atoms with E-state index in [1.54, 1.807) is 17.0 Å². The standard InChI is InChI=1S/C20H22N4O3S/c21-14-18-8-4-5-9-19(18)28(26,27)22-15-20(25)24-12-10-23(11-13-24)16-17-6-2-1-3-7-17/h1-9,22H,10-13,15-16H2. The van der Waals surface area contributed by atoms with Crippen LogP contribution >= 0.6 is 0 Å². The molecule has 0 aromatic heterocycles. The molecule has 8 heteroatoms. The van der Waals surface area contributed by atoms with E-state index >= 15 is 0 Å². The first kappa shape index (κ1) is 20.0. The number of nitrogens with one attached hydrogen (secondary N) is 1. The maximum Gasteiger partial charge on any atom is 0.242 e. The molecule has 2 aromatic carbocycles. The zero-order valence-electron chi connectivity index (χ0n) is 15.4. The minimum absolute atomic E-state index is 0.0528. The van der Waals surface area contributed by atoms with Gasteiger partial charge in [-0.05, 0) is 17.7 Å². The molecule has 1 N–H and O–H groups in total. The number of piperazine rings is 1. The average molecular weight is 398 g/mol. The molecule has 3 rings (SSSR count). The number of carbonyl (C=O) groups is 1. The Bertz CT molecular complexity index is 962. The van der Waals surface area contributed by atoms with Gasteiger partial charge in [0.2, 0.25) is 15.9 Å². The fourth-order valence-electron chi connectivity index (χ4n) is 3.14. The van der Waals surface area contributed by atoms with E-state index in [4.69, 9.17) is 5.26 Å². The topological polar surface area (TPSA) is 93.5 Å². The van der Waals surface area contributed by atoms with E-state index in [0.717, 1.165) is 19.6 Å². The zero-order chi connectivity index (χ0) is 20.0. The van der Waals surface area contributed by atoms with E-state index in [1.165, 1.54) is 17.7 Å². The van der Waals surface area contributed by atoms with Crippen LogP contribution in [0.3, 0.4) is 0 Å². The van der Waals surface area contributed by atoms with Crippen LogP contribution in [-0.4, -0.2) is 56.8 Å². The van der Waals surface area contributed by atoms with Crippen molar-refractivity contribution in [2.24, 2.45) is 0 Å². The fraction of sp³-hybridized carbons (Fsp3) is 0.300. The summed E-state index contributed by atoms with van der Waals surface area (Å²) >= 11 is 0. The first-order valence-electron chi connectivity index (χ1n) is 9.02. The fourth-order valence-corrected chi connectivity index (χ4v) is 4.27. The van der Waals surface area contributed by atoms with Gasteiger partial charge in [-0.1, -0.05) is 42.5 Å². The molecule has 1 fully saturated rings.